The van der Waals surface area contributed by atoms with Crippen LogP contribution in [0.4, 0.5) is 8.78 Å². The minimum absolute atomic E-state index is 0.0195. The van der Waals surface area contributed by atoms with Gasteiger partial charge in [-0.15, -0.1) is 0 Å². The monoisotopic (exact) mass is 270 g/mol. The number of halogens is 4. The lowest BCUT2D eigenvalue weighted by atomic mass is 10.2. The van der Waals surface area contributed by atoms with Crippen LogP contribution in [0.5, 0.6) is 5.75 Å². The van der Waals surface area contributed by atoms with Crippen LogP contribution in [0.25, 0.3) is 0 Å². The highest BCUT2D eigenvalue weighted by molar-refractivity contribution is 9.10. The molecule has 0 aliphatic carbocycles. The minimum atomic E-state index is -2.58. The molecule has 1 nitrogen and oxygen atoms in total. The fourth-order valence-electron chi connectivity index (χ4n) is 0.926. The van der Waals surface area contributed by atoms with Crippen LogP contribution in [0.2, 0.25) is 5.02 Å². The number of ether oxygens (including phenoxy) is 1. The maximum Gasteiger partial charge on any atom is 0.267 e. The third-order valence-electron chi connectivity index (χ3n) is 1.52. The number of methoxy groups -OCH3 is 1. The topological polar surface area (TPSA) is 9.23 Å². The first-order valence-electron chi connectivity index (χ1n) is 3.38. The molecule has 0 fully saturated rings. The van der Waals surface area contributed by atoms with Crippen LogP contribution >= 0.6 is 27.5 Å². The van der Waals surface area contributed by atoms with E-state index >= 15 is 0 Å². The fraction of sp³-hybridized carbons (Fsp3) is 0.250. The summed E-state index contributed by atoms with van der Waals surface area (Å²) in [6.45, 7) is 0. The van der Waals surface area contributed by atoms with E-state index in [4.69, 9.17) is 16.3 Å². The quantitative estimate of drug-likeness (QED) is 0.788. The molecule has 0 aliphatic rings. The molecule has 72 valence electrons. The van der Waals surface area contributed by atoms with Crippen molar-refractivity contribution < 1.29 is 13.5 Å². The van der Waals surface area contributed by atoms with Gasteiger partial charge in [0.25, 0.3) is 6.43 Å². The largest absolute Gasteiger partial charge is 0.495 e. The highest BCUT2D eigenvalue weighted by Crippen LogP contribution is 2.39. The molecule has 0 radical (unpaired) electrons. The van der Waals surface area contributed by atoms with Crippen molar-refractivity contribution in [1.29, 1.82) is 0 Å². The molecule has 0 unspecified atom stereocenters. The molecule has 13 heavy (non-hydrogen) atoms. The Bertz CT molecular complexity index is 317. The van der Waals surface area contributed by atoms with Gasteiger partial charge in [-0.3, -0.25) is 0 Å². The van der Waals surface area contributed by atoms with Gasteiger partial charge in [0.2, 0.25) is 0 Å². The zero-order valence-electron chi connectivity index (χ0n) is 6.65. The van der Waals surface area contributed by atoms with Crippen LogP contribution in [-0.2, 0) is 0 Å². The molecule has 0 atom stereocenters. The maximum absolute atomic E-state index is 12.4. The summed E-state index contributed by atoms with van der Waals surface area (Å²) in [4.78, 5) is 0. The zero-order valence-corrected chi connectivity index (χ0v) is 8.99. The van der Waals surface area contributed by atoms with E-state index in [1.807, 2.05) is 0 Å². The van der Waals surface area contributed by atoms with Gasteiger partial charge in [0.1, 0.15) is 5.75 Å². The average molecular weight is 271 g/mol. The predicted octanol–water partition coefficient (Wildman–Crippen LogP) is 4.05. The molecular weight excluding hydrogens is 265 g/mol. The van der Waals surface area contributed by atoms with Crippen LogP contribution < -0.4 is 4.74 Å². The Kier molecular flexibility index (Phi) is 3.50. The molecule has 1 aromatic carbocycles. The molecule has 0 aromatic heterocycles. The third kappa shape index (κ3) is 2.11. The molecule has 0 spiro atoms. The lowest BCUT2D eigenvalue weighted by molar-refractivity contribution is 0.147. The van der Waals surface area contributed by atoms with Crippen LogP contribution in [0.3, 0.4) is 0 Å². The Morgan fingerprint density at radius 3 is 2.54 bits per heavy atom. The van der Waals surface area contributed by atoms with Gasteiger partial charge >= 0.3 is 0 Å². The normalized spacial score (nSPS) is 10.6. The summed E-state index contributed by atoms with van der Waals surface area (Å²) in [7, 11) is 1.31. The molecule has 1 rings (SSSR count). The average Bonchev–Trinajstić information content (AvgIpc) is 2.09. The fourth-order valence-corrected chi connectivity index (χ4v) is 1.49. The van der Waals surface area contributed by atoms with Crippen LogP contribution in [-0.4, -0.2) is 7.11 Å². The molecule has 0 heterocycles. The molecule has 0 saturated heterocycles. The molecule has 0 aliphatic heterocycles. The molecule has 5 heteroatoms. The second kappa shape index (κ2) is 4.24. The summed E-state index contributed by atoms with van der Waals surface area (Å²) in [5.41, 5.74) is -0.198. The number of rotatable bonds is 2. The van der Waals surface area contributed by atoms with E-state index in [9.17, 15) is 8.78 Å². The standard InChI is InChI=1S/C8H6BrClF2O/c1-13-7-4(8(11)12)2-3-5(9)6(7)10/h2-3,8H,1H3. The van der Waals surface area contributed by atoms with Crippen molar-refractivity contribution in [3.63, 3.8) is 0 Å². The summed E-state index contributed by atoms with van der Waals surface area (Å²) in [5, 5.41) is 0.167. The predicted molar refractivity (Wildman–Crippen MR) is 50.7 cm³/mol. The second-order valence-corrected chi connectivity index (χ2v) is 3.52. The van der Waals surface area contributed by atoms with Gasteiger partial charge in [0.15, 0.2) is 0 Å². The van der Waals surface area contributed by atoms with E-state index in [2.05, 4.69) is 15.9 Å². The first kappa shape index (κ1) is 10.7. The number of benzene rings is 1. The Hall–Kier alpha value is -0.350. The lowest BCUT2D eigenvalue weighted by Crippen LogP contribution is -1.93. The molecule has 0 N–H and O–H groups in total. The van der Waals surface area contributed by atoms with Crippen molar-refractivity contribution in [2.24, 2.45) is 0 Å². The van der Waals surface area contributed by atoms with Crippen molar-refractivity contribution in [3.8, 4) is 5.75 Å². The number of hydrogen-bond acceptors (Lipinski definition) is 1. The second-order valence-electron chi connectivity index (χ2n) is 2.28. The van der Waals surface area contributed by atoms with Gasteiger partial charge in [0.05, 0.1) is 17.7 Å². The zero-order chi connectivity index (χ0) is 10.0. The van der Waals surface area contributed by atoms with Gasteiger partial charge in [-0.2, -0.15) is 0 Å². The van der Waals surface area contributed by atoms with E-state index in [-0.39, 0.29) is 16.3 Å². The Labute approximate surface area is 87.8 Å². The van der Waals surface area contributed by atoms with Gasteiger partial charge in [0, 0.05) is 4.47 Å². The van der Waals surface area contributed by atoms with Crippen LogP contribution in [0, 0.1) is 0 Å². The minimum Gasteiger partial charge on any atom is -0.495 e. The van der Waals surface area contributed by atoms with Gasteiger partial charge < -0.3 is 4.74 Å². The molecule has 0 amide bonds. The third-order valence-corrected chi connectivity index (χ3v) is 2.78. The SMILES string of the molecule is COc1c(C(F)F)ccc(Br)c1Cl. The van der Waals surface area contributed by atoms with Crippen molar-refractivity contribution in [3.05, 3.63) is 27.2 Å². The van der Waals surface area contributed by atoms with E-state index < -0.39 is 6.43 Å². The van der Waals surface area contributed by atoms with Crippen molar-refractivity contribution in [2.45, 2.75) is 6.43 Å². The maximum atomic E-state index is 12.4. The Balaban J connectivity index is 3.30. The summed E-state index contributed by atoms with van der Waals surface area (Å²) in [6, 6.07) is 2.74. The summed E-state index contributed by atoms with van der Waals surface area (Å²) >= 11 is 8.85. The van der Waals surface area contributed by atoms with Gasteiger partial charge in [-0.1, -0.05) is 11.6 Å². The molecule has 0 saturated carbocycles. The number of alkyl halides is 2. The lowest BCUT2D eigenvalue weighted by Gasteiger charge is -2.10. The Morgan fingerprint density at radius 1 is 1.46 bits per heavy atom. The first-order chi connectivity index (χ1) is 6.07. The first-order valence-corrected chi connectivity index (χ1v) is 4.55. The van der Waals surface area contributed by atoms with E-state index in [1.165, 1.54) is 19.2 Å². The highest BCUT2D eigenvalue weighted by Gasteiger charge is 2.17. The van der Waals surface area contributed by atoms with E-state index in [0.717, 1.165) is 0 Å². The van der Waals surface area contributed by atoms with E-state index in [1.54, 1.807) is 0 Å². The number of hydrogen-bond donors (Lipinski definition) is 0. The van der Waals surface area contributed by atoms with Gasteiger partial charge in [-0.05, 0) is 28.1 Å². The highest BCUT2D eigenvalue weighted by atomic mass is 79.9. The molecule has 0 bridgehead atoms. The van der Waals surface area contributed by atoms with Crippen molar-refractivity contribution in [1.82, 2.24) is 0 Å². The Morgan fingerprint density at radius 2 is 2.08 bits per heavy atom. The van der Waals surface area contributed by atoms with E-state index in [0.29, 0.717) is 4.47 Å². The van der Waals surface area contributed by atoms with Crippen LogP contribution in [0.1, 0.15) is 12.0 Å². The smallest absolute Gasteiger partial charge is 0.267 e. The van der Waals surface area contributed by atoms with Gasteiger partial charge in [-0.25, -0.2) is 8.78 Å². The van der Waals surface area contributed by atoms with Crippen molar-refractivity contribution >= 4 is 27.5 Å². The summed E-state index contributed by atoms with van der Waals surface area (Å²) < 4.78 is 30.1. The molecular formula is C8H6BrClF2O. The van der Waals surface area contributed by atoms with Crippen molar-refractivity contribution in [2.75, 3.05) is 7.11 Å². The summed E-state index contributed by atoms with van der Waals surface area (Å²) in [5.74, 6) is 0.0195. The summed E-state index contributed by atoms with van der Waals surface area (Å²) in [6.07, 6.45) is -2.58. The molecule has 1 aromatic rings. The van der Waals surface area contributed by atoms with Crippen LogP contribution in [0.15, 0.2) is 16.6 Å².